The molecule has 9 heteroatoms. The van der Waals surface area contributed by atoms with Crippen LogP contribution in [0, 0.1) is 0 Å². The Bertz CT molecular complexity index is 463. The van der Waals surface area contributed by atoms with Gasteiger partial charge in [-0.15, -0.1) is 0 Å². The van der Waals surface area contributed by atoms with Gasteiger partial charge in [0.2, 0.25) is 5.91 Å². The van der Waals surface area contributed by atoms with Gasteiger partial charge < -0.3 is 25.4 Å². The van der Waals surface area contributed by atoms with Crippen LogP contribution in [0.5, 0.6) is 0 Å². The van der Waals surface area contributed by atoms with E-state index in [0.717, 1.165) is 0 Å². The highest BCUT2D eigenvalue weighted by molar-refractivity contribution is 5.73. The molecule has 0 aliphatic heterocycles. The minimum absolute atomic E-state index is 0.228. The number of carbonyl (C=O) groups is 2. The van der Waals surface area contributed by atoms with Crippen LogP contribution in [0.25, 0.3) is 0 Å². The molecule has 0 aromatic heterocycles. The summed E-state index contributed by atoms with van der Waals surface area (Å²) in [6.07, 6.45) is -3.92. The van der Waals surface area contributed by atoms with Gasteiger partial charge in [0.05, 0.1) is 18.6 Å². The lowest BCUT2D eigenvalue weighted by atomic mass is 9.90. The number of hydrogen-bond donors (Lipinski definition) is 4. The Balaban J connectivity index is 2.98. The first kappa shape index (κ1) is 20.5. The Kier molecular flexibility index (Phi) is 8.23. The largest absolute Gasteiger partial charge is 0.481 e. The number of carboxylic acids is 1. The maximum absolute atomic E-state index is 12.7. The number of amides is 1. The molecule has 1 rings (SSSR count). The van der Waals surface area contributed by atoms with E-state index >= 15 is 0 Å². The first-order chi connectivity index (χ1) is 11.3. The molecule has 24 heavy (non-hydrogen) atoms. The second-order valence-corrected chi connectivity index (χ2v) is 5.75. The van der Waals surface area contributed by atoms with Gasteiger partial charge >= 0.3 is 5.97 Å². The van der Waals surface area contributed by atoms with Crippen molar-refractivity contribution >= 4 is 11.9 Å². The fraction of sp³-hybridized carbons (Fsp3) is 0.733. The van der Waals surface area contributed by atoms with Crippen molar-refractivity contribution in [3.8, 4) is 0 Å². The molecular formula is C15H23F2NO6. The smallest absolute Gasteiger partial charge is 0.307 e. The fourth-order valence-corrected chi connectivity index (χ4v) is 2.62. The van der Waals surface area contributed by atoms with Gasteiger partial charge in [0.25, 0.3) is 0 Å². The molecular weight excluding hydrogens is 328 g/mol. The second-order valence-electron chi connectivity index (χ2n) is 5.75. The number of nitrogens with one attached hydrogen (secondary N) is 1. The van der Waals surface area contributed by atoms with E-state index in [9.17, 15) is 28.6 Å². The highest BCUT2D eigenvalue weighted by atomic mass is 19.1. The van der Waals surface area contributed by atoms with Gasteiger partial charge in [0, 0.05) is 6.92 Å². The zero-order valence-electron chi connectivity index (χ0n) is 13.3. The molecule has 4 unspecified atom stereocenters. The van der Waals surface area contributed by atoms with Crippen LogP contribution in [0.3, 0.4) is 0 Å². The summed E-state index contributed by atoms with van der Waals surface area (Å²) in [5.41, 5.74) is 0.539. The normalized spacial score (nSPS) is 24.6. The molecule has 0 aromatic rings. The number of aliphatic carboxylic acids is 1. The molecule has 7 nitrogen and oxygen atoms in total. The molecule has 0 aromatic carbocycles. The number of alkyl halides is 2. The summed E-state index contributed by atoms with van der Waals surface area (Å²) in [6, 6.07) is -0.554. The van der Waals surface area contributed by atoms with Crippen LogP contribution in [-0.4, -0.2) is 71.0 Å². The van der Waals surface area contributed by atoms with Crippen molar-refractivity contribution in [1.29, 1.82) is 0 Å². The average Bonchev–Trinajstić information content (AvgIpc) is 2.52. The van der Waals surface area contributed by atoms with E-state index in [4.69, 9.17) is 9.84 Å². The van der Waals surface area contributed by atoms with Gasteiger partial charge in [0.15, 0.2) is 0 Å². The van der Waals surface area contributed by atoms with E-state index in [1.807, 2.05) is 0 Å². The standard InChI is InChI=1S/C15H23F2NO6/c1-8(19)18-10-3-2-9(5-14(22)23)4-13(10)24-15(11(20)6-16)12(21)7-17/h4,10-13,15,20-21H,2-3,5-7H2,1H3,(H,18,19)(H,22,23). The number of ether oxygens (including phenoxy) is 1. The highest BCUT2D eigenvalue weighted by Gasteiger charge is 2.35. The number of aliphatic hydroxyl groups excluding tert-OH is 2. The Morgan fingerprint density at radius 2 is 1.92 bits per heavy atom. The number of rotatable bonds is 9. The van der Waals surface area contributed by atoms with Crippen LogP contribution >= 0.6 is 0 Å². The maximum Gasteiger partial charge on any atom is 0.307 e. The summed E-state index contributed by atoms with van der Waals surface area (Å²) in [5, 5.41) is 30.7. The van der Waals surface area contributed by atoms with Crippen LogP contribution < -0.4 is 5.32 Å². The number of carboxylic acid groups (broad SMARTS) is 1. The Labute approximate surface area is 138 Å². The van der Waals surface area contributed by atoms with Gasteiger partial charge in [0.1, 0.15) is 31.7 Å². The molecule has 4 N–H and O–H groups in total. The SMILES string of the molecule is CC(=O)NC1CCC(CC(=O)O)=CC1OC(C(O)CF)C(O)CF. The van der Waals surface area contributed by atoms with E-state index in [-0.39, 0.29) is 12.3 Å². The van der Waals surface area contributed by atoms with E-state index in [2.05, 4.69) is 5.32 Å². The van der Waals surface area contributed by atoms with Crippen LogP contribution in [0.4, 0.5) is 8.78 Å². The van der Waals surface area contributed by atoms with Gasteiger partial charge in [-0.3, -0.25) is 9.59 Å². The minimum Gasteiger partial charge on any atom is -0.481 e. The Hall–Kier alpha value is -1.58. The molecule has 1 aliphatic carbocycles. The average molecular weight is 351 g/mol. The summed E-state index contributed by atoms with van der Waals surface area (Å²) in [5.74, 6) is -1.39. The molecule has 1 amide bonds. The Morgan fingerprint density at radius 3 is 2.38 bits per heavy atom. The zero-order valence-corrected chi connectivity index (χ0v) is 13.3. The van der Waals surface area contributed by atoms with E-state index < -0.39 is 49.8 Å². The summed E-state index contributed by atoms with van der Waals surface area (Å²) in [4.78, 5) is 22.1. The molecule has 0 saturated carbocycles. The molecule has 0 saturated heterocycles. The molecule has 4 atom stereocenters. The van der Waals surface area contributed by atoms with Crippen molar-refractivity contribution in [3.63, 3.8) is 0 Å². The lowest BCUT2D eigenvalue weighted by molar-refractivity contribution is -0.139. The lowest BCUT2D eigenvalue weighted by Gasteiger charge is -2.35. The predicted octanol–water partition coefficient (Wildman–Crippen LogP) is 0.101. The van der Waals surface area contributed by atoms with Crippen molar-refractivity contribution in [2.75, 3.05) is 13.3 Å². The van der Waals surface area contributed by atoms with Crippen molar-refractivity contribution < 1.29 is 38.4 Å². The lowest BCUT2D eigenvalue weighted by Crippen LogP contribution is -2.51. The first-order valence-corrected chi connectivity index (χ1v) is 7.60. The van der Waals surface area contributed by atoms with Crippen LogP contribution in [-0.2, 0) is 14.3 Å². The zero-order chi connectivity index (χ0) is 18.3. The first-order valence-electron chi connectivity index (χ1n) is 7.60. The summed E-state index contributed by atoms with van der Waals surface area (Å²) in [7, 11) is 0. The number of hydrogen-bond acceptors (Lipinski definition) is 5. The van der Waals surface area contributed by atoms with E-state index in [0.29, 0.717) is 18.4 Å². The van der Waals surface area contributed by atoms with Crippen LogP contribution in [0.15, 0.2) is 11.6 Å². The third-order valence-electron chi connectivity index (χ3n) is 3.73. The summed E-state index contributed by atoms with van der Waals surface area (Å²) < 4.78 is 30.9. The topological polar surface area (TPSA) is 116 Å². The third kappa shape index (κ3) is 6.14. The molecule has 1 aliphatic rings. The van der Waals surface area contributed by atoms with Crippen LogP contribution in [0.1, 0.15) is 26.2 Å². The molecule has 0 bridgehead atoms. The van der Waals surface area contributed by atoms with Crippen molar-refractivity contribution in [3.05, 3.63) is 11.6 Å². The number of carbonyl (C=O) groups excluding carboxylic acids is 1. The van der Waals surface area contributed by atoms with Gasteiger partial charge in [-0.25, -0.2) is 8.78 Å². The quantitative estimate of drug-likeness (QED) is 0.438. The van der Waals surface area contributed by atoms with E-state index in [1.54, 1.807) is 0 Å². The summed E-state index contributed by atoms with van der Waals surface area (Å²) >= 11 is 0. The van der Waals surface area contributed by atoms with Crippen molar-refractivity contribution in [1.82, 2.24) is 5.32 Å². The third-order valence-corrected chi connectivity index (χ3v) is 3.73. The molecule has 0 spiro atoms. The number of aliphatic hydroxyl groups is 2. The van der Waals surface area contributed by atoms with E-state index in [1.165, 1.54) is 13.0 Å². The van der Waals surface area contributed by atoms with Crippen LogP contribution in [0.2, 0.25) is 0 Å². The minimum atomic E-state index is -1.74. The Morgan fingerprint density at radius 1 is 1.33 bits per heavy atom. The molecule has 0 fully saturated rings. The second kappa shape index (κ2) is 9.65. The van der Waals surface area contributed by atoms with Crippen molar-refractivity contribution in [2.45, 2.75) is 56.6 Å². The van der Waals surface area contributed by atoms with Gasteiger partial charge in [-0.1, -0.05) is 11.6 Å². The van der Waals surface area contributed by atoms with Gasteiger partial charge in [-0.2, -0.15) is 0 Å². The predicted molar refractivity (Wildman–Crippen MR) is 79.8 cm³/mol. The highest BCUT2D eigenvalue weighted by Crippen LogP contribution is 2.25. The fourth-order valence-electron chi connectivity index (χ4n) is 2.62. The monoisotopic (exact) mass is 351 g/mol. The number of halogens is 2. The van der Waals surface area contributed by atoms with Crippen molar-refractivity contribution in [2.24, 2.45) is 0 Å². The molecule has 0 radical (unpaired) electrons. The summed E-state index contributed by atoms with van der Waals surface area (Å²) in [6.45, 7) is -1.20. The maximum atomic E-state index is 12.7. The molecule has 0 heterocycles. The molecule has 138 valence electrons. The van der Waals surface area contributed by atoms with Gasteiger partial charge in [-0.05, 0) is 12.8 Å².